The van der Waals surface area contributed by atoms with E-state index in [1.807, 2.05) is 6.08 Å². The van der Waals surface area contributed by atoms with Crippen LogP contribution in [0.4, 0.5) is 0 Å². The van der Waals surface area contributed by atoms with Crippen LogP contribution in [0.5, 0.6) is 0 Å². The van der Waals surface area contributed by atoms with Gasteiger partial charge >= 0.3 is 5.97 Å². The zero-order valence-electron chi connectivity index (χ0n) is 19.1. The molecular weight excluding hydrogens is 392 g/mol. The summed E-state index contributed by atoms with van der Waals surface area (Å²) in [5, 5.41) is 8.74. The summed E-state index contributed by atoms with van der Waals surface area (Å²) >= 11 is 0. The Morgan fingerprint density at radius 3 is 2.77 bits per heavy atom. The predicted molar refractivity (Wildman–Crippen MR) is 117 cm³/mol. The highest BCUT2D eigenvalue weighted by Gasteiger charge is 2.59. The van der Waals surface area contributed by atoms with Gasteiger partial charge in [0.1, 0.15) is 6.61 Å². The molecule has 0 amide bonds. The lowest BCUT2D eigenvalue weighted by Gasteiger charge is -2.53. The van der Waals surface area contributed by atoms with E-state index in [0.717, 1.165) is 32.1 Å². The van der Waals surface area contributed by atoms with Gasteiger partial charge in [-0.2, -0.15) is 0 Å². The minimum atomic E-state index is -0.832. The van der Waals surface area contributed by atoms with E-state index < -0.39 is 5.97 Å². The van der Waals surface area contributed by atoms with Crippen LogP contribution in [0.1, 0.15) is 72.1 Å². The van der Waals surface area contributed by atoms with Gasteiger partial charge in [0.25, 0.3) is 0 Å². The van der Waals surface area contributed by atoms with Crippen LogP contribution in [0.15, 0.2) is 23.3 Å². The number of hydrogen-bond donors (Lipinski definition) is 1. The van der Waals surface area contributed by atoms with E-state index in [1.54, 1.807) is 0 Å². The lowest BCUT2D eigenvalue weighted by Crippen LogP contribution is -2.46. The Balaban J connectivity index is 1.50. The quantitative estimate of drug-likeness (QED) is 0.467. The molecule has 4 aliphatic rings. The number of carboxylic acid groups (broad SMARTS) is 1. The van der Waals surface area contributed by atoms with Crippen molar-refractivity contribution in [1.29, 1.82) is 0 Å². The molecule has 0 radical (unpaired) electrons. The molecule has 6 atom stereocenters. The van der Waals surface area contributed by atoms with Crippen molar-refractivity contribution in [3.05, 3.63) is 23.3 Å². The first-order valence-electron chi connectivity index (χ1n) is 11.9. The lowest BCUT2D eigenvalue weighted by molar-refractivity contribution is -0.137. The number of Topliss-reactive ketones (excluding diaryl/α,β-unsaturated/α-hetero) is 1. The van der Waals surface area contributed by atoms with Gasteiger partial charge in [-0.15, -0.1) is 0 Å². The topological polar surface area (TPSA) is 80.7 Å². The average molecular weight is 429 g/mol. The van der Waals surface area contributed by atoms with Gasteiger partial charge in [0.2, 0.25) is 0 Å². The summed E-state index contributed by atoms with van der Waals surface area (Å²) < 4.78 is 5.57. The van der Waals surface area contributed by atoms with E-state index >= 15 is 0 Å². The third kappa shape index (κ3) is 3.83. The van der Waals surface area contributed by atoms with Gasteiger partial charge in [-0.05, 0) is 67.8 Å². The summed E-state index contributed by atoms with van der Waals surface area (Å²) in [4.78, 5) is 35.8. The van der Waals surface area contributed by atoms with Crippen LogP contribution in [0, 0.1) is 34.5 Å². The number of ketones is 2. The summed E-state index contributed by atoms with van der Waals surface area (Å²) in [6, 6.07) is 0. The van der Waals surface area contributed by atoms with Crippen molar-refractivity contribution in [3.63, 3.8) is 0 Å². The van der Waals surface area contributed by atoms with Crippen molar-refractivity contribution >= 4 is 17.5 Å². The molecule has 5 heteroatoms. The van der Waals surface area contributed by atoms with Crippen LogP contribution in [-0.4, -0.2) is 35.9 Å². The molecule has 4 aliphatic carbocycles. The minimum absolute atomic E-state index is 0.00699. The highest BCUT2D eigenvalue weighted by Crippen LogP contribution is 2.65. The number of carboxylic acids is 1. The molecule has 1 N–H and O–H groups in total. The van der Waals surface area contributed by atoms with Crippen molar-refractivity contribution in [1.82, 2.24) is 0 Å². The molecular formula is C26H36O5. The van der Waals surface area contributed by atoms with Gasteiger partial charge in [0.05, 0.1) is 0 Å². The Hall–Kier alpha value is -1.75. The molecule has 6 unspecified atom stereocenters. The largest absolute Gasteiger partial charge is 0.481 e. The summed E-state index contributed by atoms with van der Waals surface area (Å²) in [5.74, 6) is 0.945. The normalized spacial score (nSPS) is 39.1. The number of carbonyl (C=O) groups is 3. The van der Waals surface area contributed by atoms with E-state index in [-0.39, 0.29) is 41.3 Å². The molecule has 0 spiro atoms. The third-order valence-corrected chi connectivity index (χ3v) is 8.95. The summed E-state index contributed by atoms with van der Waals surface area (Å²) in [7, 11) is 0. The van der Waals surface area contributed by atoms with Crippen LogP contribution in [-0.2, 0) is 19.1 Å². The van der Waals surface area contributed by atoms with Gasteiger partial charge in [-0.25, -0.2) is 0 Å². The molecule has 2 fully saturated rings. The number of allylic oxidation sites excluding steroid dienone is 4. The zero-order chi connectivity index (χ0) is 22.4. The number of ether oxygens (including phenoxy) is 1. The summed E-state index contributed by atoms with van der Waals surface area (Å²) in [5.41, 5.74) is 2.84. The van der Waals surface area contributed by atoms with E-state index in [0.29, 0.717) is 37.2 Å². The van der Waals surface area contributed by atoms with Gasteiger partial charge in [0.15, 0.2) is 11.6 Å². The van der Waals surface area contributed by atoms with Crippen molar-refractivity contribution in [3.8, 4) is 0 Å². The van der Waals surface area contributed by atoms with Crippen LogP contribution in [0.3, 0.4) is 0 Å². The standard InChI is InChI=1S/C26H36O5/c1-16-13-21-19-7-6-17-14-18(27)8-10-25(17,2)20(19)9-11-26(21,3)24(16)22(28)15-31-12-4-5-23(29)30/h9,14,16,19,21,24H,4-8,10-13,15H2,1-3H3,(H,29,30). The Labute approximate surface area is 185 Å². The molecule has 0 heterocycles. The fourth-order valence-electron chi connectivity index (χ4n) is 7.50. The molecule has 4 rings (SSSR count). The van der Waals surface area contributed by atoms with E-state index in [1.165, 1.54) is 11.1 Å². The number of carbonyl (C=O) groups excluding carboxylic acids is 2. The highest BCUT2D eigenvalue weighted by molar-refractivity contribution is 5.92. The average Bonchev–Trinajstić information content (AvgIpc) is 2.98. The first-order chi connectivity index (χ1) is 14.7. The van der Waals surface area contributed by atoms with Gasteiger partial charge in [-0.1, -0.05) is 38.0 Å². The SMILES string of the molecule is CC1CC2C3CCC4=CC(=O)CCC4(C)C3=CCC2(C)C1C(=O)COCCCC(=O)O. The second-order valence-corrected chi connectivity index (χ2v) is 10.8. The van der Waals surface area contributed by atoms with E-state index in [2.05, 4.69) is 26.8 Å². The molecule has 0 aromatic carbocycles. The Kier molecular flexibility index (Phi) is 6.01. The predicted octanol–water partition coefficient (Wildman–Crippen LogP) is 4.75. The molecule has 0 bridgehead atoms. The van der Waals surface area contributed by atoms with E-state index in [9.17, 15) is 14.4 Å². The number of fused-ring (bicyclic) bond motifs is 5. The van der Waals surface area contributed by atoms with Gasteiger partial charge in [-0.3, -0.25) is 14.4 Å². The van der Waals surface area contributed by atoms with Crippen molar-refractivity contribution < 1.29 is 24.2 Å². The molecule has 0 aromatic rings. The number of hydrogen-bond acceptors (Lipinski definition) is 4. The van der Waals surface area contributed by atoms with Crippen LogP contribution < -0.4 is 0 Å². The molecule has 0 aromatic heterocycles. The maximum absolute atomic E-state index is 13.2. The maximum atomic E-state index is 13.2. The maximum Gasteiger partial charge on any atom is 0.303 e. The molecule has 0 saturated heterocycles. The zero-order valence-corrected chi connectivity index (χ0v) is 19.1. The molecule has 0 aliphatic heterocycles. The van der Waals surface area contributed by atoms with E-state index in [4.69, 9.17) is 9.84 Å². The molecule has 31 heavy (non-hydrogen) atoms. The van der Waals surface area contributed by atoms with Crippen molar-refractivity contribution in [2.45, 2.75) is 72.1 Å². The monoisotopic (exact) mass is 428 g/mol. The van der Waals surface area contributed by atoms with Crippen molar-refractivity contribution in [2.24, 2.45) is 34.5 Å². The van der Waals surface area contributed by atoms with Crippen LogP contribution in [0.2, 0.25) is 0 Å². The fourth-order valence-corrected chi connectivity index (χ4v) is 7.50. The second-order valence-electron chi connectivity index (χ2n) is 10.8. The fraction of sp³-hybridized carbons (Fsp3) is 0.731. The summed E-state index contributed by atoms with van der Waals surface area (Å²) in [6.45, 7) is 7.26. The van der Waals surface area contributed by atoms with Crippen molar-refractivity contribution in [2.75, 3.05) is 13.2 Å². The Morgan fingerprint density at radius 1 is 1.26 bits per heavy atom. The first-order valence-corrected chi connectivity index (χ1v) is 11.9. The molecule has 5 nitrogen and oxygen atoms in total. The van der Waals surface area contributed by atoms with Crippen LogP contribution in [0.25, 0.3) is 0 Å². The van der Waals surface area contributed by atoms with Gasteiger partial charge in [0, 0.05) is 30.8 Å². The minimum Gasteiger partial charge on any atom is -0.481 e. The first kappa shape index (κ1) is 22.4. The van der Waals surface area contributed by atoms with Crippen LogP contribution >= 0.6 is 0 Å². The number of aliphatic carboxylic acids is 1. The Morgan fingerprint density at radius 2 is 2.03 bits per heavy atom. The highest BCUT2D eigenvalue weighted by atomic mass is 16.5. The van der Waals surface area contributed by atoms with Gasteiger partial charge < -0.3 is 9.84 Å². The lowest BCUT2D eigenvalue weighted by atomic mass is 9.51. The number of rotatable bonds is 7. The molecule has 2 saturated carbocycles. The third-order valence-electron chi connectivity index (χ3n) is 8.95. The second kappa shape index (κ2) is 8.31. The summed E-state index contributed by atoms with van der Waals surface area (Å²) in [6.07, 6.45) is 10.5. The molecule has 170 valence electrons. The smallest absolute Gasteiger partial charge is 0.303 e. The Bertz CT molecular complexity index is 839.